The lowest BCUT2D eigenvalue weighted by molar-refractivity contribution is 0.0607. The fraction of sp³-hybridized carbons (Fsp3) is 0.333. The molecule has 0 unspecified atom stereocenters. The normalized spacial score (nSPS) is 10.4. The molecular formula is C9H11F2N3O3S. The van der Waals surface area contributed by atoms with Crippen molar-refractivity contribution in [2.75, 3.05) is 24.7 Å². The van der Waals surface area contributed by atoms with Crippen LogP contribution < -0.4 is 16.8 Å². The standard InChI is InChI=1S/C9H11F2N3O3S/c1-17-9(16)6-5(12)4(7(13)15)8(18-6)14-2-3(10)11/h3,14H,2,12H2,1H3,(H2,13,15). The highest BCUT2D eigenvalue weighted by Crippen LogP contribution is 2.35. The van der Waals surface area contributed by atoms with Crippen molar-refractivity contribution in [3.63, 3.8) is 0 Å². The molecule has 0 atom stereocenters. The van der Waals surface area contributed by atoms with E-state index >= 15 is 0 Å². The Labute approximate surface area is 105 Å². The summed E-state index contributed by atoms with van der Waals surface area (Å²) in [4.78, 5) is 22.5. The smallest absolute Gasteiger partial charge is 0.350 e. The largest absolute Gasteiger partial charge is 0.465 e. The number of carbonyl (C=O) groups excluding carboxylic acids is 2. The average molecular weight is 279 g/mol. The van der Waals surface area contributed by atoms with Gasteiger partial charge in [-0.05, 0) is 0 Å². The topological polar surface area (TPSA) is 107 Å². The number of esters is 1. The molecule has 0 aliphatic rings. The molecule has 100 valence electrons. The molecule has 0 saturated carbocycles. The maximum Gasteiger partial charge on any atom is 0.350 e. The number of ether oxygens (including phenoxy) is 1. The summed E-state index contributed by atoms with van der Waals surface area (Å²) in [6.45, 7) is -0.680. The van der Waals surface area contributed by atoms with Gasteiger partial charge < -0.3 is 21.5 Å². The van der Waals surface area contributed by atoms with E-state index in [1.165, 1.54) is 0 Å². The number of nitrogens with one attached hydrogen (secondary N) is 1. The van der Waals surface area contributed by atoms with Gasteiger partial charge in [0.2, 0.25) is 0 Å². The molecule has 6 nitrogen and oxygen atoms in total. The summed E-state index contributed by atoms with van der Waals surface area (Å²) in [7, 11) is 1.14. The molecule has 1 aromatic heterocycles. The second kappa shape index (κ2) is 5.63. The van der Waals surface area contributed by atoms with E-state index in [0.29, 0.717) is 0 Å². The Hall–Kier alpha value is -1.90. The molecule has 1 heterocycles. The number of thiophene rings is 1. The van der Waals surface area contributed by atoms with Crippen LogP contribution in [0.2, 0.25) is 0 Å². The van der Waals surface area contributed by atoms with Crippen LogP contribution in [-0.2, 0) is 4.74 Å². The van der Waals surface area contributed by atoms with Gasteiger partial charge in [-0.2, -0.15) is 0 Å². The van der Waals surface area contributed by atoms with Crippen molar-refractivity contribution in [3.8, 4) is 0 Å². The quantitative estimate of drug-likeness (QED) is 0.694. The van der Waals surface area contributed by atoms with Gasteiger partial charge in [0.25, 0.3) is 12.3 Å². The van der Waals surface area contributed by atoms with Gasteiger partial charge in [-0.25, -0.2) is 13.6 Å². The fourth-order valence-electron chi connectivity index (χ4n) is 1.23. The van der Waals surface area contributed by atoms with Gasteiger partial charge in [-0.1, -0.05) is 0 Å². The zero-order valence-electron chi connectivity index (χ0n) is 9.33. The summed E-state index contributed by atoms with van der Waals surface area (Å²) in [5.74, 6) is -1.67. The van der Waals surface area contributed by atoms with Gasteiger partial charge in [-0.3, -0.25) is 4.79 Å². The summed E-state index contributed by atoms with van der Waals surface area (Å²) in [5.41, 5.74) is 10.3. The number of halogens is 2. The minimum Gasteiger partial charge on any atom is -0.465 e. The lowest BCUT2D eigenvalue weighted by Gasteiger charge is -2.04. The molecular weight excluding hydrogens is 268 g/mol. The predicted octanol–water partition coefficient (Wildman–Crippen LogP) is 0.893. The minimum atomic E-state index is -2.62. The molecule has 0 bridgehead atoms. The van der Waals surface area contributed by atoms with Gasteiger partial charge in [0.15, 0.2) is 0 Å². The number of carbonyl (C=O) groups is 2. The number of hydrogen-bond donors (Lipinski definition) is 3. The number of methoxy groups -OCH3 is 1. The van der Waals surface area contributed by atoms with E-state index in [0.717, 1.165) is 18.4 Å². The van der Waals surface area contributed by atoms with Crippen LogP contribution in [0.15, 0.2) is 0 Å². The van der Waals surface area contributed by atoms with E-state index in [1.807, 2.05) is 0 Å². The van der Waals surface area contributed by atoms with E-state index in [9.17, 15) is 18.4 Å². The molecule has 0 aliphatic heterocycles. The average Bonchev–Trinajstić information content (AvgIpc) is 2.62. The zero-order valence-corrected chi connectivity index (χ0v) is 10.1. The summed E-state index contributed by atoms with van der Waals surface area (Å²) < 4.78 is 28.6. The summed E-state index contributed by atoms with van der Waals surface area (Å²) in [6.07, 6.45) is -2.62. The molecule has 0 fully saturated rings. The van der Waals surface area contributed by atoms with Crippen molar-refractivity contribution in [2.45, 2.75) is 6.43 Å². The minimum absolute atomic E-state index is 0.0284. The Bertz CT molecular complexity index is 476. The van der Waals surface area contributed by atoms with Crippen LogP contribution in [0.1, 0.15) is 20.0 Å². The van der Waals surface area contributed by atoms with Crippen molar-refractivity contribution in [2.24, 2.45) is 5.73 Å². The fourth-order valence-corrected chi connectivity index (χ4v) is 2.28. The Kier molecular flexibility index (Phi) is 4.43. The lowest BCUT2D eigenvalue weighted by Crippen LogP contribution is -2.17. The van der Waals surface area contributed by atoms with Crippen LogP contribution in [-0.4, -0.2) is 32.0 Å². The Morgan fingerprint density at radius 3 is 2.56 bits per heavy atom. The summed E-state index contributed by atoms with van der Waals surface area (Å²) >= 11 is 0.744. The van der Waals surface area contributed by atoms with E-state index < -0.39 is 24.8 Å². The van der Waals surface area contributed by atoms with Gasteiger partial charge >= 0.3 is 5.97 Å². The first-order valence-electron chi connectivity index (χ1n) is 4.70. The first-order chi connectivity index (χ1) is 8.38. The maximum absolute atomic E-state index is 12.1. The molecule has 1 rings (SSSR count). The van der Waals surface area contributed by atoms with Crippen LogP contribution in [0.4, 0.5) is 19.5 Å². The Balaban J connectivity index is 3.15. The van der Waals surface area contributed by atoms with Crippen molar-refractivity contribution in [1.29, 1.82) is 0 Å². The molecule has 0 aromatic carbocycles. The van der Waals surface area contributed by atoms with Crippen molar-refractivity contribution in [3.05, 3.63) is 10.4 Å². The number of nitrogen functional groups attached to an aromatic ring is 1. The molecule has 5 N–H and O–H groups in total. The molecule has 0 saturated heterocycles. The molecule has 0 spiro atoms. The number of primary amides is 1. The van der Waals surface area contributed by atoms with E-state index in [4.69, 9.17) is 11.5 Å². The van der Waals surface area contributed by atoms with Gasteiger partial charge in [0, 0.05) is 0 Å². The number of nitrogens with two attached hydrogens (primary N) is 2. The third-order valence-corrected chi connectivity index (χ3v) is 3.12. The highest BCUT2D eigenvalue weighted by molar-refractivity contribution is 7.19. The maximum atomic E-state index is 12.1. The molecule has 1 amide bonds. The van der Waals surface area contributed by atoms with Crippen LogP contribution in [0.25, 0.3) is 0 Å². The van der Waals surface area contributed by atoms with Crippen LogP contribution in [0.3, 0.4) is 0 Å². The summed E-state index contributed by atoms with van der Waals surface area (Å²) in [5, 5.41) is 2.34. The number of amides is 1. The van der Waals surface area contributed by atoms with E-state index in [-0.39, 0.29) is 21.1 Å². The summed E-state index contributed by atoms with van der Waals surface area (Å²) in [6, 6.07) is 0. The van der Waals surface area contributed by atoms with Crippen LogP contribution >= 0.6 is 11.3 Å². The third kappa shape index (κ3) is 2.86. The van der Waals surface area contributed by atoms with Crippen LogP contribution in [0.5, 0.6) is 0 Å². The predicted molar refractivity (Wildman–Crippen MR) is 63.1 cm³/mol. The van der Waals surface area contributed by atoms with Gasteiger partial charge in [0.05, 0.1) is 24.9 Å². The first-order valence-corrected chi connectivity index (χ1v) is 5.52. The highest BCUT2D eigenvalue weighted by atomic mass is 32.1. The number of alkyl halides is 2. The zero-order chi connectivity index (χ0) is 13.9. The lowest BCUT2D eigenvalue weighted by atomic mass is 10.2. The van der Waals surface area contributed by atoms with Crippen molar-refractivity contribution < 1.29 is 23.1 Å². The van der Waals surface area contributed by atoms with Crippen LogP contribution in [0, 0.1) is 0 Å². The Morgan fingerprint density at radius 2 is 2.11 bits per heavy atom. The number of hydrogen-bond acceptors (Lipinski definition) is 6. The highest BCUT2D eigenvalue weighted by Gasteiger charge is 2.25. The first kappa shape index (κ1) is 14.2. The molecule has 9 heteroatoms. The Morgan fingerprint density at radius 1 is 1.50 bits per heavy atom. The number of rotatable bonds is 5. The van der Waals surface area contributed by atoms with E-state index in [2.05, 4.69) is 10.1 Å². The van der Waals surface area contributed by atoms with Gasteiger partial charge in [-0.15, -0.1) is 11.3 Å². The molecule has 0 aliphatic carbocycles. The second-order valence-corrected chi connectivity index (χ2v) is 4.20. The van der Waals surface area contributed by atoms with Crippen molar-refractivity contribution in [1.82, 2.24) is 0 Å². The third-order valence-electron chi connectivity index (χ3n) is 1.98. The SMILES string of the molecule is COC(=O)c1sc(NCC(F)F)c(C(N)=O)c1N. The molecule has 18 heavy (non-hydrogen) atoms. The van der Waals surface area contributed by atoms with E-state index in [1.54, 1.807) is 0 Å². The molecule has 0 radical (unpaired) electrons. The number of anilines is 2. The van der Waals surface area contributed by atoms with Gasteiger partial charge in [0.1, 0.15) is 9.88 Å². The second-order valence-electron chi connectivity index (χ2n) is 3.18. The monoisotopic (exact) mass is 279 g/mol. The molecule has 1 aromatic rings. The van der Waals surface area contributed by atoms with Crippen molar-refractivity contribution >= 4 is 33.9 Å².